The molecule has 0 aromatic heterocycles. The molecule has 2 nitrogen and oxygen atoms in total. The lowest BCUT2D eigenvalue weighted by Gasteiger charge is -2.50. The fraction of sp³-hybridized carbons (Fsp3) is 0.933. The van der Waals surface area contributed by atoms with Gasteiger partial charge in [-0.2, -0.15) is 0 Å². The van der Waals surface area contributed by atoms with E-state index in [9.17, 15) is 4.79 Å². The van der Waals surface area contributed by atoms with E-state index in [-0.39, 0.29) is 22.4 Å². The van der Waals surface area contributed by atoms with Gasteiger partial charge in [-0.3, -0.25) is 4.79 Å². The van der Waals surface area contributed by atoms with E-state index >= 15 is 0 Å². The van der Waals surface area contributed by atoms with E-state index in [4.69, 9.17) is 4.74 Å². The molecule has 0 spiro atoms. The fourth-order valence-electron chi connectivity index (χ4n) is 2.75. The first kappa shape index (κ1) is 14.5. The molecule has 1 heterocycles. The smallest absolute Gasteiger partial charge is 0.306 e. The van der Waals surface area contributed by atoms with Crippen LogP contribution in [0.15, 0.2) is 0 Å². The Hall–Kier alpha value is -0.530. The number of unbranched alkanes of at least 4 members (excludes halogenated alkanes) is 1. The molecular formula is C15H28O2. The molecule has 1 fully saturated rings. The lowest BCUT2D eigenvalue weighted by atomic mass is 9.64. The van der Waals surface area contributed by atoms with E-state index in [1.165, 1.54) is 12.8 Å². The quantitative estimate of drug-likeness (QED) is 0.686. The first-order valence-corrected chi connectivity index (χ1v) is 6.84. The van der Waals surface area contributed by atoms with Gasteiger partial charge in [-0.1, -0.05) is 47.5 Å². The highest BCUT2D eigenvalue weighted by atomic mass is 16.6. The van der Waals surface area contributed by atoms with Crippen molar-refractivity contribution in [3.63, 3.8) is 0 Å². The van der Waals surface area contributed by atoms with Crippen LogP contribution in [0.25, 0.3) is 0 Å². The number of esters is 1. The van der Waals surface area contributed by atoms with Crippen LogP contribution in [0.2, 0.25) is 0 Å². The van der Waals surface area contributed by atoms with Crippen molar-refractivity contribution in [2.24, 2.45) is 10.8 Å². The summed E-state index contributed by atoms with van der Waals surface area (Å²) < 4.78 is 5.67. The molecule has 1 aliphatic rings. The summed E-state index contributed by atoms with van der Waals surface area (Å²) in [5.41, 5.74) is -0.214. The summed E-state index contributed by atoms with van der Waals surface area (Å²) in [5.74, 6) is -0.0210. The van der Waals surface area contributed by atoms with Crippen molar-refractivity contribution in [2.45, 2.75) is 79.2 Å². The van der Waals surface area contributed by atoms with E-state index in [0.717, 1.165) is 12.8 Å². The van der Waals surface area contributed by atoms with Crippen molar-refractivity contribution in [1.82, 2.24) is 0 Å². The third kappa shape index (κ3) is 3.23. The van der Waals surface area contributed by atoms with Gasteiger partial charge in [0.05, 0.1) is 6.42 Å². The Morgan fingerprint density at radius 2 is 1.88 bits per heavy atom. The van der Waals surface area contributed by atoms with Gasteiger partial charge in [0.15, 0.2) is 0 Å². The number of carbonyl (C=O) groups excluding carboxylic acids is 1. The zero-order chi connectivity index (χ0) is 13.3. The predicted molar refractivity (Wildman–Crippen MR) is 70.8 cm³/mol. The Morgan fingerprint density at radius 3 is 2.35 bits per heavy atom. The molecule has 17 heavy (non-hydrogen) atoms. The lowest BCUT2D eigenvalue weighted by molar-refractivity contribution is -0.193. The van der Waals surface area contributed by atoms with Crippen molar-refractivity contribution in [3.05, 3.63) is 0 Å². The minimum absolute atomic E-state index is 0.00342. The molecule has 0 aliphatic carbocycles. The first-order chi connectivity index (χ1) is 7.62. The fourth-order valence-corrected chi connectivity index (χ4v) is 2.75. The Balaban J connectivity index is 2.88. The lowest BCUT2D eigenvalue weighted by Crippen LogP contribution is -2.52. The van der Waals surface area contributed by atoms with Crippen LogP contribution in [0.4, 0.5) is 0 Å². The Bertz CT molecular complexity index is 290. The van der Waals surface area contributed by atoms with Gasteiger partial charge in [0, 0.05) is 5.41 Å². The van der Waals surface area contributed by atoms with Gasteiger partial charge in [0.25, 0.3) is 0 Å². The minimum Gasteiger partial charge on any atom is -0.459 e. The van der Waals surface area contributed by atoms with E-state index in [1.54, 1.807) is 0 Å². The molecule has 0 aromatic rings. The SMILES string of the molecule is CCCC[C@@]1(C)CC(=O)O[C@](C)(C(C)(C)C)C1. The molecule has 1 rings (SSSR count). The summed E-state index contributed by atoms with van der Waals surface area (Å²) in [4.78, 5) is 11.9. The van der Waals surface area contributed by atoms with Crippen LogP contribution < -0.4 is 0 Å². The van der Waals surface area contributed by atoms with Crippen molar-refractivity contribution >= 4 is 5.97 Å². The van der Waals surface area contributed by atoms with Crippen LogP contribution in [0, 0.1) is 10.8 Å². The van der Waals surface area contributed by atoms with E-state index in [2.05, 4.69) is 41.5 Å². The van der Waals surface area contributed by atoms with Gasteiger partial charge in [0.2, 0.25) is 0 Å². The maximum absolute atomic E-state index is 11.9. The average molecular weight is 240 g/mol. The molecular weight excluding hydrogens is 212 g/mol. The van der Waals surface area contributed by atoms with Crippen molar-refractivity contribution in [1.29, 1.82) is 0 Å². The summed E-state index contributed by atoms with van der Waals surface area (Å²) in [6.07, 6.45) is 5.08. The van der Waals surface area contributed by atoms with E-state index in [0.29, 0.717) is 6.42 Å². The molecule has 1 aliphatic heterocycles. The van der Waals surface area contributed by atoms with Gasteiger partial charge in [-0.05, 0) is 25.2 Å². The number of carbonyl (C=O) groups is 1. The summed E-state index contributed by atoms with van der Waals surface area (Å²) in [5, 5.41) is 0. The van der Waals surface area contributed by atoms with Crippen molar-refractivity contribution in [3.8, 4) is 0 Å². The normalized spacial score (nSPS) is 34.6. The Kier molecular flexibility index (Phi) is 3.95. The maximum atomic E-state index is 11.9. The number of hydrogen-bond acceptors (Lipinski definition) is 2. The van der Waals surface area contributed by atoms with Gasteiger partial charge < -0.3 is 4.74 Å². The van der Waals surface area contributed by atoms with Crippen LogP contribution in [0.5, 0.6) is 0 Å². The number of hydrogen-bond donors (Lipinski definition) is 0. The highest BCUT2D eigenvalue weighted by Gasteiger charge is 2.50. The molecule has 0 N–H and O–H groups in total. The van der Waals surface area contributed by atoms with Gasteiger partial charge in [0.1, 0.15) is 5.60 Å². The molecule has 0 aromatic carbocycles. The summed E-state index contributed by atoms with van der Waals surface area (Å²) in [6.45, 7) is 13.0. The largest absolute Gasteiger partial charge is 0.459 e. The highest BCUT2D eigenvalue weighted by Crippen LogP contribution is 2.49. The van der Waals surface area contributed by atoms with Crippen molar-refractivity contribution in [2.75, 3.05) is 0 Å². The average Bonchev–Trinajstić information content (AvgIpc) is 2.11. The molecule has 0 unspecified atom stereocenters. The van der Waals surface area contributed by atoms with Crippen LogP contribution in [-0.2, 0) is 9.53 Å². The first-order valence-electron chi connectivity index (χ1n) is 6.84. The molecule has 2 heteroatoms. The molecule has 100 valence electrons. The van der Waals surface area contributed by atoms with Gasteiger partial charge in [-0.15, -0.1) is 0 Å². The predicted octanol–water partition coefficient (Wildman–Crippen LogP) is 4.32. The molecule has 1 saturated heterocycles. The van der Waals surface area contributed by atoms with Crippen LogP contribution >= 0.6 is 0 Å². The standard InChI is InChI=1S/C15H28O2/c1-7-8-9-14(5)10-12(16)17-15(6,11-14)13(2,3)4/h7-11H2,1-6H3/t14-,15-/m0/s1. The zero-order valence-corrected chi connectivity index (χ0v) is 12.4. The highest BCUT2D eigenvalue weighted by molar-refractivity contribution is 5.72. The second-order valence-corrected chi connectivity index (χ2v) is 7.22. The summed E-state index contributed by atoms with van der Waals surface area (Å²) in [7, 11) is 0. The monoisotopic (exact) mass is 240 g/mol. The molecule has 0 bridgehead atoms. The third-order valence-electron chi connectivity index (χ3n) is 4.39. The van der Waals surface area contributed by atoms with E-state index < -0.39 is 0 Å². The topological polar surface area (TPSA) is 26.3 Å². The van der Waals surface area contributed by atoms with Crippen LogP contribution in [0.1, 0.15) is 73.6 Å². The van der Waals surface area contributed by atoms with Gasteiger partial charge >= 0.3 is 5.97 Å². The molecule has 0 radical (unpaired) electrons. The van der Waals surface area contributed by atoms with Gasteiger partial charge in [-0.25, -0.2) is 0 Å². The second-order valence-electron chi connectivity index (χ2n) is 7.22. The number of cyclic esters (lactones) is 1. The Morgan fingerprint density at radius 1 is 1.29 bits per heavy atom. The maximum Gasteiger partial charge on any atom is 0.306 e. The Labute approximate surface area is 106 Å². The van der Waals surface area contributed by atoms with Crippen LogP contribution in [0.3, 0.4) is 0 Å². The van der Waals surface area contributed by atoms with E-state index in [1.807, 2.05) is 0 Å². The minimum atomic E-state index is -0.329. The third-order valence-corrected chi connectivity index (χ3v) is 4.39. The zero-order valence-electron chi connectivity index (χ0n) is 12.4. The summed E-state index contributed by atoms with van der Waals surface area (Å²) in [6, 6.07) is 0. The van der Waals surface area contributed by atoms with Crippen LogP contribution in [-0.4, -0.2) is 11.6 Å². The van der Waals surface area contributed by atoms with Crippen molar-refractivity contribution < 1.29 is 9.53 Å². The molecule has 0 amide bonds. The number of ether oxygens (including phenoxy) is 1. The second kappa shape index (κ2) is 4.62. The summed E-state index contributed by atoms with van der Waals surface area (Å²) >= 11 is 0. The molecule has 0 saturated carbocycles. The molecule has 2 atom stereocenters. The number of rotatable bonds is 3.